The number of carbonyl (C=O) groups excluding carboxylic acids is 3. The van der Waals surface area contributed by atoms with Crippen molar-refractivity contribution in [3.8, 4) is 5.75 Å². The van der Waals surface area contributed by atoms with E-state index in [9.17, 15) is 14.4 Å². The fraction of sp³-hybridized carbons (Fsp3) is 0.481. The third-order valence-corrected chi connectivity index (χ3v) is 6.66. The molecule has 9 heteroatoms. The van der Waals surface area contributed by atoms with Crippen LogP contribution in [-0.2, 0) is 10.2 Å². The number of benzene rings is 1. The zero-order valence-corrected chi connectivity index (χ0v) is 21.6. The fourth-order valence-corrected chi connectivity index (χ4v) is 4.24. The first-order valence-corrected chi connectivity index (χ1v) is 12.6. The smallest absolute Gasteiger partial charge is 0.257 e. The van der Waals surface area contributed by atoms with Crippen molar-refractivity contribution in [2.24, 2.45) is 5.73 Å². The summed E-state index contributed by atoms with van der Waals surface area (Å²) < 4.78 is 5.70. The van der Waals surface area contributed by atoms with E-state index in [4.69, 9.17) is 10.5 Å². The number of nitrogens with two attached hydrogens (primary N) is 1. The van der Waals surface area contributed by atoms with Crippen molar-refractivity contribution in [3.05, 3.63) is 47.3 Å². The molecule has 36 heavy (non-hydrogen) atoms. The van der Waals surface area contributed by atoms with Crippen molar-refractivity contribution in [1.82, 2.24) is 15.2 Å². The van der Waals surface area contributed by atoms with E-state index in [2.05, 4.69) is 29.5 Å². The molecule has 9 nitrogen and oxygen atoms in total. The molecular weight excluding hydrogens is 458 g/mol. The first-order valence-electron chi connectivity index (χ1n) is 12.6. The number of aromatic nitrogens is 1. The van der Waals surface area contributed by atoms with Crippen molar-refractivity contribution >= 4 is 29.1 Å². The molecule has 0 radical (unpaired) electrons. The molecule has 1 aliphatic carbocycles. The van der Waals surface area contributed by atoms with Crippen LogP contribution in [0.25, 0.3) is 0 Å². The van der Waals surface area contributed by atoms with E-state index in [1.165, 1.54) is 20.4 Å². The minimum absolute atomic E-state index is 0.0926. The summed E-state index contributed by atoms with van der Waals surface area (Å²) in [5.74, 6) is -0.474. The van der Waals surface area contributed by atoms with Crippen LogP contribution >= 0.6 is 0 Å². The van der Waals surface area contributed by atoms with Crippen LogP contribution in [0.4, 0.5) is 11.4 Å². The number of primary amides is 1. The lowest BCUT2D eigenvalue weighted by atomic mass is 9.99. The number of para-hydroxylation sites is 1. The molecule has 1 heterocycles. The lowest BCUT2D eigenvalue weighted by molar-refractivity contribution is -0.120. The van der Waals surface area contributed by atoms with Crippen molar-refractivity contribution < 1.29 is 19.1 Å². The number of nitrogens with zero attached hydrogens (tertiary/aromatic N) is 2. The predicted octanol–water partition coefficient (Wildman–Crippen LogP) is 3.75. The molecule has 0 aliphatic heterocycles. The van der Waals surface area contributed by atoms with Gasteiger partial charge in [-0.05, 0) is 43.9 Å². The molecular formula is C27H37N5O4. The molecule has 194 valence electrons. The highest BCUT2D eigenvalue weighted by atomic mass is 16.5. The average molecular weight is 496 g/mol. The van der Waals surface area contributed by atoms with Gasteiger partial charge in [0.15, 0.2) is 5.75 Å². The van der Waals surface area contributed by atoms with Gasteiger partial charge in [-0.2, -0.15) is 0 Å². The molecule has 0 spiro atoms. The van der Waals surface area contributed by atoms with Gasteiger partial charge in [0.1, 0.15) is 0 Å². The predicted molar refractivity (Wildman–Crippen MR) is 140 cm³/mol. The van der Waals surface area contributed by atoms with Crippen LogP contribution in [-0.4, -0.2) is 54.9 Å². The SMILES string of the molecule is CCCCN(CCCC)C(=O)c1cccc(Nc2cc(C3(C(N)=O)CC3)ncc2C(=O)NC)c1OC. The van der Waals surface area contributed by atoms with E-state index in [1.54, 1.807) is 24.3 Å². The van der Waals surface area contributed by atoms with Crippen LogP contribution in [0.2, 0.25) is 0 Å². The standard InChI is InChI=1S/C27H37N5O4/c1-5-7-14-32(15-8-6-2)25(34)18-10-9-11-20(23(18)36-4)31-21-16-22(27(12-13-27)26(28)35)30-17-19(21)24(33)29-3/h9-11,16-17H,5-8,12-15H2,1-4H3,(H2,28,35)(H,29,33)(H,30,31). The van der Waals surface area contributed by atoms with Crippen LogP contribution < -0.4 is 21.1 Å². The van der Waals surface area contributed by atoms with Gasteiger partial charge < -0.3 is 26.0 Å². The number of ether oxygens (including phenoxy) is 1. The Kier molecular flexibility index (Phi) is 8.90. The van der Waals surface area contributed by atoms with Crippen LogP contribution in [0, 0.1) is 0 Å². The maximum Gasteiger partial charge on any atom is 0.257 e. The molecule has 1 saturated carbocycles. The van der Waals surface area contributed by atoms with Gasteiger partial charge in [0.25, 0.3) is 11.8 Å². The second-order valence-electron chi connectivity index (χ2n) is 9.15. The summed E-state index contributed by atoms with van der Waals surface area (Å²) in [6, 6.07) is 7.00. The molecule has 1 aromatic carbocycles. The van der Waals surface area contributed by atoms with E-state index in [0.29, 0.717) is 59.9 Å². The Morgan fingerprint density at radius 1 is 1.08 bits per heavy atom. The van der Waals surface area contributed by atoms with Crippen LogP contribution in [0.15, 0.2) is 30.5 Å². The molecule has 0 unspecified atom stereocenters. The van der Waals surface area contributed by atoms with Crippen molar-refractivity contribution in [2.45, 2.75) is 57.8 Å². The van der Waals surface area contributed by atoms with Gasteiger partial charge in [0, 0.05) is 26.3 Å². The summed E-state index contributed by atoms with van der Waals surface area (Å²) in [4.78, 5) is 44.4. The summed E-state index contributed by atoms with van der Waals surface area (Å²) in [5.41, 5.74) is 7.08. The zero-order valence-electron chi connectivity index (χ0n) is 21.6. The van der Waals surface area contributed by atoms with E-state index in [0.717, 1.165) is 25.7 Å². The van der Waals surface area contributed by atoms with Gasteiger partial charge in [-0.1, -0.05) is 32.8 Å². The Bertz CT molecular complexity index is 1110. The third kappa shape index (κ3) is 5.61. The Morgan fingerprint density at radius 2 is 1.75 bits per heavy atom. The number of anilines is 2. The Labute approximate surface area is 212 Å². The molecule has 4 N–H and O–H groups in total. The van der Waals surface area contributed by atoms with E-state index in [-0.39, 0.29) is 11.8 Å². The minimum atomic E-state index is -0.807. The summed E-state index contributed by atoms with van der Waals surface area (Å²) in [6.45, 7) is 5.56. The fourth-order valence-electron chi connectivity index (χ4n) is 4.24. The van der Waals surface area contributed by atoms with Crippen molar-refractivity contribution in [1.29, 1.82) is 0 Å². The minimum Gasteiger partial charge on any atom is -0.494 e. The number of pyridine rings is 1. The number of unbranched alkanes of at least 4 members (excludes halogenated alkanes) is 2. The van der Waals surface area contributed by atoms with Crippen LogP contribution in [0.5, 0.6) is 5.75 Å². The first-order chi connectivity index (χ1) is 17.3. The number of rotatable bonds is 13. The van der Waals surface area contributed by atoms with Gasteiger partial charge in [-0.25, -0.2) is 0 Å². The maximum atomic E-state index is 13.5. The topological polar surface area (TPSA) is 127 Å². The number of hydrogen-bond donors (Lipinski definition) is 3. The van der Waals surface area contributed by atoms with E-state index >= 15 is 0 Å². The second-order valence-corrected chi connectivity index (χ2v) is 9.15. The summed E-state index contributed by atoms with van der Waals surface area (Å²) in [7, 11) is 3.05. The number of hydrogen-bond acceptors (Lipinski definition) is 6. The Balaban J connectivity index is 2.01. The lowest BCUT2D eigenvalue weighted by Crippen LogP contribution is -2.33. The van der Waals surface area contributed by atoms with E-state index in [1.807, 2.05) is 4.90 Å². The molecule has 0 atom stereocenters. The van der Waals surface area contributed by atoms with E-state index < -0.39 is 11.3 Å². The molecule has 1 aliphatic rings. The molecule has 0 saturated heterocycles. The number of amides is 3. The van der Waals surface area contributed by atoms with Crippen molar-refractivity contribution in [2.75, 3.05) is 32.6 Å². The summed E-state index contributed by atoms with van der Waals surface area (Å²) in [6.07, 6.45) is 6.51. The first kappa shape index (κ1) is 27.0. The normalized spacial score (nSPS) is 13.6. The van der Waals surface area contributed by atoms with Gasteiger partial charge in [0.05, 0.1) is 40.7 Å². The zero-order chi connectivity index (χ0) is 26.3. The molecule has 1 fully saturated rings. The highest BCUT2D eigenvalue weighted by Crippen LogP contribution is 2.48. The largest absolute Gasteiger partial charge is 0.494 e. The van der Waals surface area contributed by atoms with Gasteiger partial charge in [-0.3, -0.25) is 19.4 Å². The average Bonchev–Trinajstić information content (AvgIpc) is 3.70. The number of nitrogens with one attached hydrogen (secondary N) is 2. The number of methoxy groups -OCH3 is 1. The van der Waals surface area contributed by atoms with Crippen molar-refractivity contribution in [3.63, 3.8) is 0 Å². The van der Waals surface area contributed by atoms with Crippen LogP contribution in [0.3, 0.4) is 0 Å². The quantitative estimate of drug-likeness (QED) is 0.388. The monoisotopic (exact) mass is 495 g/mol. The summed E-state index contributed by atoms with van der Waals surface area (Å²) in [5, 5.41) is 5.87. The molecule has 3 rings (SSSR count). The highest BCUT2D eigenvalue weighted by molar-refractivity contribution is 6.02. The molecule has 3 amide bonds. The molecule has 1 aromatic heterocycles. The molecule has 2 aromatic rings. The third-order valence-electron chi connectivity index (χ3n) is 6.66. The van der Waals surface area contributed by atoms with Gasteiger partial charge in [-0.15, -0.1) is 0 Å². The van der Waals surface area contributed by atoms with Gasteiger partial charge >= 0.3 is 0 Å². The second kappa shape index (κ2) is 11.9. The Morgan fingerprint density at radius 3 is 2.28 bits per heavy atom. The highest BCUT2D eigenvalue weighted by Gasteiger charge is 2.51. The maximum absolute atomic E-state index is 13.5. The van der Waals surface area contributed by atoms with Gasteiger partial charge in [0.2, 0.25) is 5.91 Å². The molecule has 0 bridgehead atoms. The summed E-state index contributed by atoms with van der Waals surface area (Å²) >= 11 is 0. The van der Waals surface area contributed by atoms with Crippen LogP contribution in [0.1, 0.15) is 78.8 Å². The Hall–Kier alpha value is -3.62. The lowest BCUT2D eigenvalue weighted by Gasteiger charge is -2.24. The number of carbonyl (C=O) groups is 3.